The molecule has 6 heteroatoms. The fraction of sp³-hybridized carbons (Fsp3) is 0.238. The van der Waals surface area contributed by atoms with Crippen LogP contribution in [-0.4, -0.2) is 23.1 Å². The molecule has 0 spiro atoms. The van der Waals surface area contributed by atoms with Gasteiger partial charge in [0, 0.05) is 11.1 Å². The Balaban J connectivity index is 2.35. The summed E-state index contributed by atoms with van der Waals surface area (Å²) >= 11 is 5.96. The summed E-state index contributed by atoms with van der Waals surface area (Å²) in [5.41, 5.74) is 3.24. The van der Waals surface area contributed by atoms with Gasteiger partial charge in [-0.2, -0.15) is 0 Å². The number of amides is 3. The molecule has 0 aromatic heterocycles. The van der Waals surface area contributed by atoms with Crippen LogP contribution in [0.3, 0.4) is 0 Å². The van der Waals surface area contributed by atoms with Gasteiger partial charge in [-0.15, -0.1) is 0 Å². The highest BCUT2D eigenvalue weighted by Gasteiger charge is 2.27. The van der Waals surface area contributed by atoms with Gasteiger partial charge in [-0.25, -0.2) is 4.79 Å². The number of carbonyl (C=O) groups excluding carboxylic acids is 2. The topological polar surface area (TPSA) is 78.4 Å². The molecular weight excluding hydrogens is 364 g/mol. The Morgan fingerprint density at radius 2 is 2.04 bits per heavy atom. The van der Waals surface area contributed by atoms with Crippen LogP contribution in [0.4, 0.5) is 4.79 Å². The quantitative estimate of drug-likeness (QED) is 0.418. The van der Waals surface area contributed by atoms with E-state index in [9.17, 15) is 14.7 Å². The number of phenols is 1. The zero-order valence-electron chi connectivity index (χ0n) is 15.4. The molecule has 0 radical (unpaired) electrons. The van der Waals surface area contributed by atoms with Crippen LogP contribution in [0, 0.1) is 11.8 Å². The van der Waals surface area contributed by atoms with Gasteiger partial charge in [0.25, 0.3) is 5.91 Å². The lowest BCUT2D eigenvalue weighted by molar-refractivity contribution is -0.119. The van der Waals surface area contributed by atoms with Gasteiger partial charge < -0.3 is 10.4 Å². The van der Waals surface area contributed by atoms with Crippen molar-refractivity contribution in [3.63, 3.8) is 0 Å². The van der Waals surface area contributed by atoms with Gasteiger partial charge in [-0.1, -0.05) is 54.1 Å². The van der Waals surface area contributed by atoms with Gasteiger partial charge in [0.1, 0.15) is 5.75 Å². The molecule has 1 saturated heterocycles. The van der Waals surface area contributed by atoms with Crippen molar-refractivity contribution in [2.45, 2.75) is 33.2 Å². The Labute approximate surface area is 163 Å². The van der Waals surface area contributed by atoms with Crippen molar-refractivity contribution in [1.82, 2.24) is 10.6 Å². The third-order valence-electron chi connectivity index (χ3n) is 4.02. The number of imide groups is 1. The van der Waals surface area contributed by atoms with Gasteiger partial charge in [0.2, 0.25) is 0 Å². The van der Waals surface area contributed by atoms with Gasteiger partial charge >= 0.3 is 6.03 Å². The number of hydrogen-bond acceptors (Lipinski definition) is 3. The maximum Gasteiger partial charge on any atom is 0.322 e. The summed E-state index contributed by atoms with van der Waals surface area (Å²) in [6.07, 6.45) is 6.40. The molecule has 2 rings (SSSR count). The number of aromatic hydroxyl groups is 1. The van der Waals surface area contributed by atoms with E-state index in [1.165, 1.54) is 0 Å². The number of para-hydroxylation sites is 1. The van der Waals surface area contributed by atoms with Crippen LogP contribution >= 0.6 is 11.6 Å². The van der Waals surface area contributed by atoms with Gasteiger partial charge in [-0.3, -0.25) is 10.1 Å². The molecule has 0 saturated carbocycles. The number of allylic oxidation sites excluding steroid dienone is 6. The first-order valence-corrected chi connectivity index (χ1v) is 8.86. The number of benzene rings is 1. The molecule has 0 aliphatic carbocycles. The van der Waals surface area contributed by atoms with E-state index >= 15 is 0 Å². The van der Waals surface area contributed by atoms with Crippen molar-refractivity contribution in [2.75, 3.05) is 0 Å². The highest BCUT2D eigenvalue weighted by atomic mass is 35.5. The van der Waals surface area contributed by atoms with E-state index in [1.807, 2.05) is 32.9 Å². The minimum Gasteiger partial charge on any atom is -0.506 e. The average molecular weight is 385 g/mol. The van der Waals surface area contributed by atoms with Crippen molar-refractivity contribution in [3.8, 4) is 17.6 Å². The fourth-order valence-electron chi connectivity index (χ4n) is 2.31. The maximum absolute atomic E-state index is 11.6. The van der Waals surface area contributed by atoms with E-state index in [1.54, 1.807) is 24.3 Å². The first kappa shape index (κ1) is 20.3. The minimum atomic E-state index is -0.863. The lowest BCUT2D eigenvalue weighted by atomic mass is 10.0. The van der Waals surface area contributed by atoms with Crippen molar-refractivity contribution in [1.29, 1.82) is 0 Å². The summed E-state index contributed by atoms with van der Waals surface area (Å²) in [6.45, 7) is 5.87. The van der Waals surface area contributed by atoms with Crippen LogP contribution in [0.2, 0.25) is 5.02 Å². The number of nitrogens with one attached hydrogen (secondary N) is 2. The summed E-state index contributed by atoms with van der Waals surface area (Å²) in [6, 6.07) is 3.75. The number of urea groups is 1. The predicted molar refractivity (Wildman–Crippen MR) is 107 cm³/mol. The van der Waals surface area contributed by atoms with Crippen LogP contribution < -0.4 is 10.6 Å². The summed E-state index contributed by atoms with van der Waals surface area (Å²) < 4.78 is 0. The average Bonchev–Trinajstić information content (AvgIpc) is 2.96. The Bertz CT molecular complexity index is 917. The summed E-state index contributed by atoms with van der Waals surface area (Å²) in [5.74, 6) is 5.27. The van der Waals surface area contributed by atoms with E-state index in [4.69, 9.17) is 11.6 Å². The SMILES string of the molecule is CC/C(C)=C/C(C#CC1NC(=O)NC1=O)=C\C=C(/C)c1cccc(Cl)c1O. The van der Waals surface area contributed by atoms with Crippen molar-refractivity contribution < 1.29 is 14.7 Å². The maximum atomic E-state index is 11.6. The zero-order valence-corrected chi connectivity index (χ0v) is 16.1. The zero-order chi connectivity index (χ0) is 20.0. The van der Waals surface area contributed by atoms with Gasteiger partial charge in [0.15, 0.2) is 6.04 Å². The predicted octanol–water partition coefficient (Wildman–Crippen LogP) is 3.94. The van der Waals surface area contributed by atoms with Crippen molar-refractivity contribution in [2.24, 2.45) is 0 Å². The van der Waals surface area contributed by atoms with E-state index in [0.717, 1.165) is 17.6 Å². The number of halogens is 1. The Kier molecular flexibility index (Phi) is 6.86. The number of carbonyl (C=O) groups is 2. The van der Waals surface area contributed by atoms with Crippen LogP contribution in [0.15, 0.2) is 47.6 Å². The molecule has 1 aliphatic heterocycles. The lowest BCUT2D eigenvalue weighted by Gasteiger charge is -2.05. The van der Waals surface area contributed by atoms with Crippen molar-refractivity contribution in [3.05, 3.63) is 58.2 Å². The second-order valence-corrected chi connectivity index (χ2v) is 6.52. The lowest BCUT2D eigenvalue weighted by Crippen LogP contribution is -2.26. The second kappa shape index (κ2) is 9.11. The van der Waals surface area contributed by atoms with E-state index in [0.29, 0.717) is 11.1 Å². The Morgan fingerprint density at radius 1 is 1.30 bits per heavy atom. The van der Waals surface area contributed by atoms with E-state index < -0.39 is 18.0 Å². The molecule has 1 aliphatic rings. The third kappa shape index (κ3) is 5.50. The van der Waals surface area contributed by atoms with E-state index in [2.05, 4.69) is 22.5 Å². The molecular formula is C21H21ClN2O3. The highest BCUT2D eigenvalue weighted by Crippen LogP contribution is 2.31. The number of hydrogen-bond donors (Lipinski definition) is 3. The van der Waals surface area contributed by atoms with Gasteiger partial charge in [0.05, 0.1) is 5.02 Å². The molecule has 3 N–H and O–H groups in total. The highest BCUT2D eigenvalue weighted by molar-refractivity contribution is 6.32. The van der Waals surface area contributed by atoms with Gasteiger partial charge in [-0.05, 0) is 44.1 Å². The summed E-state index contributed by atoms with van der Waals surface area (Å²) in [7, 11) is 0. The molecule has 3 amide bonds. The molecule has 5 nitrogen and oxygen atoms in total. The van der Waals surface area contributed by atoms with Crippen molar-refractivity contribution >= 4 is 29.1 Å². The van der Waals surface area contributed by atoms with Crippen LogP contribution in [0.1, 0.15) is 32.8 Å². The largest absolute Gasteiger partial charge is 0.506 e. The monoisotopic (exact) mass is 384 g/mol. The normalized spacial score (nSPS) is 17.9. The standard InChI is InChI=1S/C21H21ClN2O3/c1-4-13(2)12-15(10-11-18-20(26)24-21(27)23-18)9-8-14(3)16-6-5-7-17(22)19(16)25/h5-9,12,18,25H,4H2,1-3H3,(H2,23,24,26,27)/b13-12+,14-8+,15-9-. The van der Waals surface area contributed by atoms with Crippen LogP contribution in [-0.2, 0) is 4.79 Å². The number of phenolic OH excluding ortho intramolecular Hbond substituents is 1. The smallest absolute Gasteiger partial charge is 0.322 e. The fourth-order valence-corrected chi connectivity index (χ4v) is 2.48. The summed E-state index contributed by atoms with van der Waals surface area (Å²) in [5, 5.41) is 15.0. The summed E-state index contributed by atoms with van der Waals surface area (Å²) in [4.78, 5) is 22.8. The molecule has 1 aromatic rings. The second-order valence-electron chi connectivity index (χ2n) is 6.12. The van der Waals surface area contributed by atoms with Crippen LogP contribution in [0.5, 0.6) is 5.75 Å². The van der Waals surface area contributed by atoms with Crippen LogP contribution in [0.25, 0.3) is 5.57 Å². The molecule has 1 fully saturated rings. The first-order valence-electron chi connectivity index (χ1n) is 8.48. The molecule has 1 aromatic carbocycles. The number of rotatable bonds is 4. The minimum absolute atomic E-state index is 0.0274. The third-order valence-corrected chi connectivity index (χ3v) is 4.32. The first-order chi connectivity index (χ1) is 12.8. The van der Waals surface area contributed by atoms with E-state index in [-0.39, 0.29) is 10.8 Å². The molecule has 1 unspecified atom stereocenters. The molecule has 140 valence electrons. The Morgan fingerprint density at radius 3 is 2.67 bits per heavy atom. The molecule has 0 bridgehead atoms. The molecule has 27 heavy (non-hydrogen) atoms. The Hall–Kier alpha value is -2.97. The molecule has 1 heterocycles. The molecule has 1 atom stereocenters.